The lowest BCUT2D eigenvalue weighted by Crippen LogP contribution is -2.27. The molecule has 0 aromatic heterocycles. The van der Waals surface area contributed by atoms with Crippen LogP contribution in [-0.2, 0) is 16.1 Å². The molecule has 0 bridgehead atoms. The number of ether oxygens (including phenoxy) is 1. The topological polar surface area (TPSA) is 75.7 Å². The number of hydrogen-bond acceptors (Lipinski definition) is 5. The summed E-state index contributed by atoms with van der Waals surface area (Å²) in [6, 6.07) is 16.9. The Bertz CT molecular complexity index is 1380. The molecule has 1 N–H and O–H groups in total. The summed E-state index contributed by atoms with van der Waals surface area (Å²) < 4.78 is 5.71. The number of aryl methyl sites for hydroxylation is 1. The smallest absolute Gasteiger partial charge is 0.293 e. The van der Waals surface area contributed by atoms with Gasteiger partial charge in [0.15, 0.2) is 6.61 Å². The van der Waals surface area contributed by atoms with Crippen LogP contribution in [0.4, 0.5) is 10.5 Å². The van der Waals surface area contributed by atoms with Gasteiger partial charge < -0.3 is 10.1 Å². The molecule has 0 unspecified atom stereocenters. The highest BCUT2D eigenvalue weighted by molar-refractivity contribution is 8.18. The molecular formula is C26H19Cl3N2O4S. The fraction of sp³-hybridized carbons (Fsp3) is 0.115. The van der Waals surface area contributed by atoms with Gasteiger partial charge in [-0.15, -0.1) is 0 Å². The summed E-state index contributed by atoms with van der Waals surface area (Å²) in [7, 11) is 0. The first-order chi connectivity index (χ1) is 17.2. The molecule has 6 nitrogen and oxygen atoms in total. The second kappa shape index (κ2) is 11.4. The molecule has 1 fully saturated rings. The number of nitrogens with zero attached hydrogens (tertiary/aromatic N) is 1. The second-order valence-corrected chi connectivity index (χ2v) is 10.2. The van der Waals surface area contributed by atoms with E-state index in [4.69, 9.17) is 39.5 Å². The molecule has 3 aromatic carbocycles. The highest BCUT2D eigenvalue weighted by atomic mass is 35.5. The van der Waals surface area contributed by atoms with Crippen molar-refractivity contribution >= 4 is 75.4 Å². The van der Waals surface area contributed by atoms with Crippen LogP contribution in [0, 0.1) is 6.92 Å². The number of imide groups is 1. The van der Waals surface area contributed by atoms with Crippen molar-refractivity contribution in [2.75, 3.05) is 11.9 Å². The lowest BCUT2D eigenvalue weighted by Gasteiger charge is -2.13. The zero-order valence-electron chi connectivity index (χ0n) is 18.9. The molecule has 0 aliphatic carbocycles. The van der Waals surface area contributed by atoms with Gasteiger partial charge in [-0.3, -0.25) is 19.3 Å². The van der Waals surface area contributed by atoms with Gasteiger partial charge >= 0.3 is 0 Å². The number of anilines is 1. The molecule has 0 atom stereocenters. The van der Waals surface area contributed by atoms with Gasteiger partial charge in [0.25, 0.3) is 17.1 Å². The van der Waals surface area contributed by atoms with Gasteiger partial charge in [-0.25, -0.2) is 0 Å². The van der Waals surface area contributed by atoms with Crippen molar-refractivity contribution in [1.29, 1.82) is 0 Å². The lowest BCUT2D eigenvalue weighted by atomic mass is 10.1. The molecule has 10 heteroatoms. The Morgan fingerprint density at radius 3 is 2.44 bits per heavy atom. The summed E-state index contributed by atoms with van der Waals surface area (Å²) in [6.45, 7) is 1.71. The average molecular weight is 562 g/mol. The second-order valence-electron chi connectivity index (χ2n) is 7.88. The number of carbonyl (C=O) groups excluding carboxylic acids is 3. The van der Waals surface area contributed by atoms with E-state index in [9.17, 15) is 14.4 Å². The van der Waals surface area contributed by atoms with Crippen LogP contribution in [-0.4, -0.2) is 28.6 Å². The van der Waals surface area contributed by atoms with E-state index < -0.39 is 5.91 Å². The summed E-state index contributed by atoms with van der Waals surface area (Å²) in [5.41, 5.74) is 2.68. The molecule has 1 heterocycles. The minimum absolute atomic E-state index is 0.126. The molecule has 1 aliphatic rings. The van der Waals surface area contributed by atoms with E-state index in [-0.39, 0.29) is 29.2 Å². The van der Waals surface area contributed by atoms with Gasteiger partial charge in [-0.2, -0.15) is 0 Å². The fourth-order valence-electron chi connectivity index (χ4n) is 3.32. The highest BCUT2D eigenvalue weighted by Gasteiger charge is 2.35. The Kier molecular flexibility index (Phi) is 8.26. The number of carbonyl (C=O) groups is 3. The largest absolute Gasteiger partial charge is 0.483 e. The monoisotopic (exact) mass is 560 g/mol. The number of halogens is 3. The highest BCUT2D eigenvalue weighted by Crippen LogP contribution is 2.35. The van der Waals surface area contributed by atoms with Crippen LogP contribution in [0.3, 0.4) is 0 Å². The molecule has 4 rings (SSSR count). The van der Waals surface area contributed by atoms with E-state index in [1.165, 1.54) is 6.08 Å². The maximum atomic E-state index is 12.9. The lowest BCUT2D eigenvalue weighted by molar-refractivity contribution is -0.123. The third-order valence-electron chi connectivity index (χ3n) is 5.20. The number of hydrogen-bond donors (Lipinski definition) is 1. The summed E-state index contributed by atoms with van der Waals surface area (Å²) >= 11 is 19.0. The van der Waals surface area contributed by atoms with Crippen LogP contribution in [0.5, 0.6) is 5.75 Å². The quantitative estimate of drug-likeness (QED) is 0.309. The SMILES string of the molecule is Cc1ccc(NC(=O)COc2ccc(Cl)cc2/C=C2\SC(=O)N(Cc3ccc(Cl)cc3)C2=O)cc1Cl. The van der Waals surface area contributed by atoms with Gasteiger partial charge in [0.05, 0.1) is 11.4 Å². The molecular weight excluding hydrogens is 543 g/mol. The van der Waals surface area contributed by atoms with Crippen LogP contribution >= 0.6 is 46.6 Å². The average Bonchev–Trinajstić information content (AvgIpc) is 3.09. The molecule has 1 saturated heterocycles. The first-order valence-corrected chi connectivity index (χ1v) is 12.6. The third kappa shape index (κ3) is 6.42. The maximum absolute atomic E-state index is 12.9. The number of thioether (sulfide) groups is 1. The third-order valence-corrected chi connectivity index (χ3v) is 7.00. The fourth-order valence-corrected chi connectivity index (χ4v) is 4.64. The minimum atomic E-state index is -0.431. The number of amides is 3. The van der Waals surface area contributed by atoms with E-state index >= 15 is 0 Å². The van der Waals surface area contributed by atoms with Crippen LogP contribution in [0.2, 0.25) is 15.1 Å². The summed E-state index contributed by atoms with van der Waals surface area (Å²) in [6.07, 6.45) is 1.53. The molecule has 0 radical (unpaired) electrons. The van der Waals surface area contributed by atoms with Crippen LogP contribution in [0.1, 0.15) is 16.7 Å². The number of benzene rings is 3. The summed E-state index contributed by atoms with van der Waals surface area (Å²) in [5.74, 6) is -0.486. The molecule has 1 aliphatic heterocycles. The Morgan fingerprint density at radius 2 is 1.72 bits per heavy atom. The molecule has 36 heavy (non-hydrogen) atoms. The van der Waals surface area contributed by atoms with Gasteiger partial charge in [0, 0.05) is 26.3 Å². The summed E-state index contributed by atoms with van der Waals surface area (Å²) in [4.78, 5) is 39.3. The zero-order chi connectivity index (χ0) is 25.8. The van der Waals surface area contributed by atoms with Crippen molar-refractivity contribution in [2.45, 2.75) is 13.5 Å². The molecule has 3 amide bonds. The van der Waals surface area contributed by atoms with Crippen molar-refractivity contribution in [2.24, 2.45) is 0 Å². The number of rotatable bonds is 7. The van der Waals surface area contributed by atoms with Gasteiger partial charge in [0.2, 0.25) is 0 Å². The van der Waals surface area contributed by atoms with Crippen molar-refractivity contribution in [3.05, 3.63) is 97.3 Å². The number of nitrogens with one attached hydrogen (secondary N) is 1. The van der Waals surface area contributed by atoms with Crippen molar-refractivity contribution < 1.29 is 19.1 Å². The van der Waals surface area contributed by atoms with E-state index in [1.54, 1.807) is 60.7 Å². The van der Waals surface area contributed by atoms with Crippen LogP contribution in [0.25, 0.3) is 6.08 Å². The normalized spacial score (nSPS) is 14.4. The standard InChI is InChI=1S/C26H19Cl3N2O4S/c1-15-2-8-20(12-21(15)29)30-24(32)14-35-22-9-7-19(28)10-17(22)11-23-25(33)31(26(34)36-23)13-16-3-5-18(27)6-4-16/h2-12H,13-14H2,1H3,(H,30,32)/b23-11-. The maximum Gasteiger partial charge on any atom is 0.293 e. The van der Waals surface area contributed by atoms with Gasteiger partial charge in [-0.1, -0.05) is 53.0 Å². The van der Waals surface area contributed by atoms with Crippen molar-refractivity contribution in [3.63, 3.8) is 0 Å². The van der Waals surface area contributed by atoms with Crippen LogP contribution < -0.4 is 10.1 Å². The summed E-state index contributed by atoms with van der Waals surface area (Å²) in [5, 5.41) is 3.85. The predicted molar refractivity (Wildman–Crippen MR) is 145 cm³/mol. The van der Waals surface area contributed by atoms with Crippen LogP contribution in [0.15, 0.2) is 65.6 Å². The zero-order valence-corrected chi connectivity index (χ0v) is 22.0. The first kappa shape index (κ1) is 26.1. The Morgan fingerprint density at radius 1 is 1.00 bits per heavy atom. The van der Waals surface area contributed by atoms with E-state index in [1.807, 2.05) is 6.92 Å². The molecule has 184 valence electrons. The van der Waals surface area contributed by atoms with Gasteiger partial charge in [-0.05, 0) is 78.4 Å². The minimum Gasteiger partial charge on any atom is -0.483 e. The van der Waals surface area contributed by atoms with E-state index in [2.05, 4.69) is 5.32 Å². The van der Waals surface area contributed by atoms with Crippen molar-refractivity contribution in [1.82, 2.24) is 4.90 Å². The van der Waals surface area contributed by atoms with E-state index in [0.29, 0.717) is 32.1 Å². The Labute approximate surface area is 227 Å². The Balaban J connectivity index is 1.47. The Hall–Kier alpha value is -2.97. The van der Waals surface area contributed by atoms with Gasteiger partial charge in [0.1, 0.15) is 5.75 Å². The van der Waals surface area contributed by atoms with E-state index in [0.717, 1.165) is 27.8 Å². The molecule has 3 aromatic rings. The molecule has 0 saturated carbocycles. The predicted octanol–water partition coefficient (Wildman–Crippen LogP) is 7.21. The molecule has 0 spiro atoms. The first-order valence-electron chi connectivity index (χ1n) is 10.7. The van der Waals surface area contributed by atoms with Crippen molar-refractivity contribution in [3.8, 4) is 5.75 Å².